The van der Waals surface area contributed by atoms with E-state index in [1.54, 1.807) is 0 Å². The van der Waals surface area contributed by atoms with Crippen LogP contribution in [0.25, 0.3) is 0 Å². The molecule has 0 aromatic rings. The molecule has 60 valence electrons. The van der Waals surface area contributed by atoms with Gasteiger partial charge in [0, 0.05) is 8.07 Å². The van der Waals surface area contributed by atoms with E-state index in [1.807, 2.05) is 0 Å². The second-order valence-electron chi connectivity index (χ2n) is 4.35. The quantitative estimate of drug-likeness (QED) is 0.610. The monoisotopic (exact) mass is 157 g/mol. The summed E-state index contributed by atoms with van der Waals surface area (Å²) >= 11 is 0. The standard InChI is InChI=1S/C8H19NSi/c1-10(2)6-4-8(7-10)3-5-9/h8H,3-7,9H2,1-2H3/t8-/m1/s1. The fourth-order valence-electron chi connectivity index (χ4n) is 2.06. The third-order valence-electron chi connectivity index (χ3n) is 2.65. The first-order chi connectivity index (χ1) is 4.64. The first-order valence-corrected chi connectivity index (χ1v) is 7.75. The summed E-state index contributed by atoms with van der Waals surface area (Å²) in [6.45, 7) is 5.90. The van der Waals surface area contributed by atoms with Crippen LogP contribution in [0.5, 0.6) is 0 Å². The number of hydrogen-bond acceptors (Lipinski definition) is 1. The van der Waals surface area contributed by atoms with E-state index in [4.69, 9.17) is 5.73 Å². The molecule has 0 aromatic carbocycles. The van der Waals surface area contributed by atoms with Gasteiger partial charge >= 0.3 is 0 Å². The summed E-state index contributed by atoms with van der Waals surface area (Å²) in [4.78, 5) is 0. The zero-order valence-electron chi connectivity index (χ0n) is 7.19. The van der Waals surface area contributed by atoms with Crippen molar-refractivity contribution in [3.05, 3.63) is 0 Å². The lowest BCUT2D eigenvalue weighted by Crippen LogP contribution is -2.20. The van der Waals surface area contributed by atoms with Crippen molar-refractivity contribution in [2.24, 2.45) is 11.7 Å². The van der Waals surface area contributed by atoms with E-state index < -0.39 is 8.07 Å². The SMILES string of the molecule is C[Si]1(C)CC[C@@H](CCN)C1. The van der Waals surface area contributed by atoms with E-state index in [0.717, 1.165) is 12.5 Å². The molecular weight excluding hydrogens is 138 g/mol. The van der Waals surface area contributed by atoms with Crippen molar-refractivity contribution in [1.82, 2.24) is 0 Å². The van der Waals surface area contributed by atoms with Crippen molar-refractivity contribution in [3.8, 4) is 0 Å². The lowest BCUT2D eigenvalue weighted by atomic mass is 10.1. The Hall–Kier alpha value is 0.177. The zero-order valence-corrected chi connectivity index (χ0v) is 8.19. The van der Waals surface area contributed by atoms with Gasteiger partial charge in [0.25, 0.3) is 0 Å². The molecule has 0 aromatic heterocycles. The van der Waals surface area contributed by atoms with Gasteiger partial charge in [0.1, 0.15) is 0 Å². The molecule has 0 saturated carbocycles. The molecule has 0 amide bonds. The molecule has 0 unspecified atom stereocenters. The first-order valence-electron chi connectivity index (χ1n) is 4.34. The number of rotatable bonds is 2. The Kier molecular flexibility index (Phi) is 2.53. The summed E-state index contributed by atoms with van der Waals surface area (Å²) in [5.41, 5.74) is 5.51. The minimum Gasteiger partial charge on any atom is -0.330 e. The molecule has 1 saturated heterocycles. The Labute approximate surface area is 65.0 Å². The topological polar surface area (TPSA) is 26.0 Å². The van der Waals surface area contributed by atoms with Crippen LogP contribution in [0.2, 0.25) is 25.2 Å². The van der Waals surface area contributed by atoms with Gasteiger partial charge in [-0.3, -0.25) is 0 Å². The number of nitrogens with two attached hydrogens (primary N) is 1. The van der Waals surface area contributed by atoms with E-state index in [2.05, 4.69) is 13.1 Å². The largest absolute Gasteiger partial charge is 0.330 e. The van der Waals surface area contributed by atoms with E-state index in [1.165, 1.54) is 24.9 Å². The highest BCUT2D eigenvalue weighted by atomic mass is 28.3. The van der Waals surface area contributed by atoms with Crippen molar-refractivity contribution in [3.63, 3.8) is 0 Å². The Bertz CT molecular complexity index is 112. The van der Waals surface area contributed by atoms with Gasteiger partial charge in [0.15, 0.2) is 0 Å². The molecule has 0 radical (unpaired) electrons. The fourth-order valence-corrected chi connectivity index (χ4v) is 5.43. The van der Waals surface area contributed by atoms with Gasteiger partial charge < -0.3 is 5.73 Å². The summed E-state index contributed by atoms with van der Waals surface area (Å²) < 4.78 is 0. The first kappa shape index (κ1) is 8.28. The summed E-state index contributed by atoms with van der Waals surface area (Å²) in [5.74, 6) is 0.992. The average Bonchev–Trinajstić information content (AvgIpc) is 2.12. The van der Waals surface area contributed by atoms with Crippen molar-refractivity contribution in [1.29, 1.82) is 0 Å². The number of hydrogen-bond donors (Lipinski definition) is 1. The van der Waals surface area contributed by atoms with Crippen LogP contribution in [0, 0.1) is 5.92 Å². The summed E-state index contributed by atoms with van der Waals surface area (Å²) in [6.07, 6.45) is 2.74. The maximum atomic E-state index is 5.51. The maximum absolute atomic E-state index is 5.51. The summed E-state index contributed by atoms with van der Waals surface area (Å²) in [5, 5.41) is 0. The molecule has 0 aliphatic carbocycles. The van der Waals surface area contributed by atoms with Gasteiger partial charge in [0.05, 0.1) is 0 Å². The van der Waals surface area contributed by atoms with Gasteiger partial charge in [-0.05, 0) is 18.9 Å². The van der Waals surface area contributed by atoms with Crippen LogP contribution in [0.4, 0.5) is 0 Å². The zero-order chi connectivity index (χ0) is 7.61. The molecule has 2 heteroatoms. The fraction of sp³-hybridized carbons (Fsp3) is 1.00. The minimum atomic E-state index is -0.696. The van der Waals surface area contributed by atoms with E-state index >= 15 is 0 Å². The average molecular weight is 157 g/mol. The highest BCUT2D eigenvalue weighted by Gasteiger charge is 2.31. The Morgan fingerprint density at radius 2 is 2.20 bits per heavy atom. The summed E-state index contributed by atoms with van der Waals surface area (Å²) in [6, 6.07) is 3.07. The smallest absolute Gasteiger partial charge is 0.0476 e. The van der Waals surface area contributed by atoms with E-state index in [9.17, 15) is 0 Å². The maximum Gasteiger partial charge on any atom is 0.0476 e. The normalized spacial score (nSPS) is 30.9. The molecule has 1 atom stereocenters. The molecule has 1 aliphatic heterocycles. The highest BCUT2D eigenvalue weighted by Crippen LogP contribution is 2.36. The van der Waals surface area contributed by atoms with Crippen LogP contribution in [0.3, 0.4) is 0 Å². The van der Waals surface area contributed by atoms with Crippen molar-refractivity contribution < 1.29 is 0 Å². The molecule has 1 fully saturated rings. The van der Waals surface area contributed by atoms with Crippen LogP contribution in [0.15, 0.2) is 0 Å². The molecule has 0 spiro atoms. The van der Waals surface area contributed by atoms with Crippen LogP contribution in [-0.2, 0) is 0 Å². The highest BCUT2D eigenvalue weighted by molar-refractivity contribution is 6.78. The van der Waals surface area contributed by atoms with Crippen molar-refractivity contribution in [2.45, 2.75) is 38.0 Å². The third kappa shape index (κ3) is 2.10. The van der Waals surface area contributed by atoms with Crippen molar-refractivity contribution >= 4 is 8.07 Å². The van der Waals surface area contributed by atoms with Crippen LogP contribution in [-0.4, -0.2) is 14.6 Å². The molecule has 10 heavy (non-hydrogen) atoms. The van der Waals surface area contributed by atoms with E-state index in [0.29, 0.717) is 0 Å². The molecule has 1 aliphatic rings. The van der Waals surface area contributed by atoms with Gasteiger partial charge in [0.2, 0.25) is 0 Å². The molecule has 0 bridgehead atoms. The van der Waals surface area contributed by atoms with Gasteiger partial charge in [-0.1, -0.05) is 31.6 Å². The van der Waals surface area contributed by atoms with E-state index in [-0.39, 0.29) is 0 Å². The molecule has 1 nitrogen and oxygen atoms in total. The Morgan fingerprint density at radius 3 is 2.60 bits per heavy atom. The second kappa shape index (κ2) is 3.05. The Morgan fingerprint density at radius 1 is 1.50 bits per heavy atom. The predicted molar refractivity (Wildman–Crippen MR) is 48.9 cm³/mol. The van der Waals surface area contributed by atoms with Crippen LogP contribution in [0.1, 0.15) is 12.8 Å². The summed E-state index contributed by atoms with van der Waals surface area (Å²) in [7, 11) is -0.696. The molecule has 1 rings (SSSR count). The second-order valence-corrected chi connectivity index (χ2v) is 9.59. The van der Waals surface area contributed by atoms with Crippen LogP contribution < -0.4 is 5.73 Å². The molecule has 1 heterocycles. The van der Waals surface area contributed by atoms with Crippen LogP contribution >= 0.6 is 0 Å². The Balaban J connectivity index is 2.29. The minimum absolute atomic E-state index is 0.696. The van der Waals surface area contributed by atoms with Gasteiger partial charge in [-0.2, -0.15) is 0 Å². The lowest BCUT2D eigenvalue weighted by molar-refractivity contribution is 0.546. The molecular formula is C8H19NSi. The third-order valence-corrected chi connectivity index (χ3v) is 5.97. The molecule has 2 N–H and O–H groups in total. The van der Waals surface area contributed by atoms with Crippen molar-refractivity contribution in [2.75, 3.05) is 6.54 Å². The van der Waals surface area contributed by atoms with Gasteiger partial charge in [-0.15, -0.1) is 0 Å². The lowest BCUT2D eigenvalue weighted by Gasteiger charge is -2.13. The predicted octanol–water partition coefficient (Wildman–Crippen LogP) is 2.06. The van der Waals surface area contributed by atoms with Gasteiger partial charge in [-0.25, -0.2) is 0 Å².